The summed E-state index contributed by atoms with van der Waals surface area (Å²) in [5.41, 5.74) is -0.282. The van der Waals surface area contributed by atoms with Gasteiger partial charge in [0.25, 0.3) is 5.56 Å². The summed E-state index contributed by atoms with van der Waals surface area (Å²) in [5.74, 6) is -1.39. The third-order valence-electron chi connectivity index (χ3n) is 2.24. The van der Waals surface area contributed by atoms with Crippen molar-refractivity contribution in [1.29, 1.82) is 0 Å². The fourth-order valence-electron chi connectivity index (χ4n) is 1.43. The van der Waals surface area contributed by atoms with Gasteiger partial charge in [0, 0.05) is 11.6 Å². The lowest BCUT2D eigenvalue weighted by molar-refractivity contribution is 0.583. The molecule has 0 saturated carbocycles. The van der Waals surface area contributed by atoms with Crippen LogP contribution in [0.25, 0.3) is 11.1 Å². The summed E-state index contributed by atoms with van der Waals surface area (Å²) in [6.45, 7) is 1.53. The second kappa shape index (κ2) is 3.84. The normalized spacial score (nSPS) is 10.4. The van der Waals surface area contributed by atoms with Crippen LogP contribution in [-0.4, -0.2) is 10.2 Å². The smallest absolute Gasteiger partial charge is 0.264 e. The molecule has 0 unspecified atom stereocenters. The van der Waals surface area contributed by atoms with Crippen molar-refractivity contribution < 1.29 is 8.78 Å². The predicted molar refractivity (Wildman–Crippen MR) is 54.9 cm³/mol. The van der Waals surface area contributed by atoms with Crippen molar-refractivity contribution in [1.82, 2.24) is 10.2 Å². The lowest BCUT2D eigenvalue weighted by Crippen LogP contribution is -2.06. The molecule has 3 nitrogen and oxygen atoms in total. The highest BCUT2D eigenvalue weighted by Gasteiger charge is 2.13. The molecule has 0 fully saturated rings. The van der Waals surface area contributed by atoms with Crippen molar-refractivity contribution in [3.05, 3.63) is 51.9 Å². The largest absolute Gasteiger partial charge is 0.268 e. The average Bonchev–Trinajstić information content (AvgIpc) is 2.24. The first-order valence-corrected chi connectivity index (χ1v) is 4.59. The van der Waals surface area contributed by atoms with Crippen LogP contribution < -0.4 is 5.56 Å². The molecule has 0 aliphatic rings. The molecule has 2 rings (SSSR count). The van der Waals surface area contributed by atoms with Crippen LogP contribution in [0.1, 0.15) is 5.56 Å². The Morgan fingerprint density at radius 1 is 1.31 bits per heavy atom. The molecular formula is C11H8F2N2O. The minimum absolute atomic E-state index is 0.127. The molecule has 1 N–H and O–H groups in total. The topological polar surface area (TPSA) is 45.8 Å². The summed E-state index contributed by atoms with van der Waals surface area (Å²) < 4.78 is 27.2. The Morgan fingerprint density at radius 3 is 2.75 bits per heavy atom. The van der Waals surface area contributed by atoms with E-state index in [4.69, 9.17) is 0 Å². The summed E-state index contributed by atoms with van der Waals surface area (Å²) in [4.78, 5) is 11.0. The van der Waals surface area contributed by atoms with E-state index in [0.717, 1.165) is 12.1 Å². The maximum absolute atomic E-state index is 13.7. The SMILES string of the molecule is Cc1ccc(F)c(-c2cn[nH]c(=O)c2)c1F. The summed E-state index contributed by atoms with van der Waals surface area (Å²) in [5, 5.41) is 5.65. The minimum atomic E-state index is -0.712. The Balaban J connectivity index is 2.73. The number of halogens is 2. The number of benzene rings is 1. The lowest BCUT2D eigenvalue weighted by atomic mass is 10.0. The molecule has 0 aliphatic heterocycles. The standard InChI is InChI=1S/C11H8F2N2O/c1-6-2-3-8(12)10(11(6)13)7-4-9(16)15-14-5-7/h2-5H,1H3,(H,15,16). The fraction of sp³-hybridized carbons (Fsp3) is 0.0909. The molecule has 2 aromatic rings. The molecule has 1 aromatic carbocycles. The second-order valence-electron chi connectivity index (χ2n) is 3.39. The van der Waals surface area contributed by atoms with Gasteiger partial charge in [0.2, 0.25) is 0 Å². The van der Waals surface area contributed by atoms with Crippen molar-refractivity contribution in [2.24, 2.45) is 0 Å². The maximum atomic E-state index is 13.7. The molecule has 5 heteroatoms. The third-order valence-corrected chi connectivity index (χ3v) is 2.24. The van der Waals surface area contributed by atoms with Gasteiger partial charge in [-0.25, -0.2) is 13.9 Å². The van der Waals surface area contributed by atoms with Crippen molar-refractivity contribution >= 4 is 0 Å². The molecule has 0 bridgehead atoms. The van der Waals surface area contributed by atoms with E-state index in [1.165, 1.54) is 19.2 Å². The highest BCUT2D eigenvalue weighted by molar-refractivity contribution is 5.64. The van der Waals surface area contributed by atoms with Gasteiger partial charge in [-0.1, -0.05) is 6.07 Å². The molecule has 82 valence electrons. The number of aryl methyl sites for hydroxylation is 1. The molecule has 0 spiro atoms. The number of hydrogen-bond donors (Lipinski definition) is 1. The van der Waals surface area contributed by atoms with Crippen LogP contribution >= 0.6 is 0 Å². The van der Waals surface area contributed by atoms with Gasteiger partial charge in [-0.05, 0) is 18.6 Å². The number of rotatable bonds is 1. The van der Waals surface area contributed by atoms with E-state index < -0.39 is 17.2 Å². The number of H-pyrrole nitrogens is 1. The van der Waals surface area contributed by atoms with Crippen LogP contribution in [0.4, 0.5) is 8.78 Å². The van der Waals surface area contributed by atoms with Gasteiger partial charge in [-0.15, -0.1) is 0 Å². The van der Waals surface area contributed by atoms with E-state index in [-0.39, 0.29) is 11.1 Å². The number of aromatic nitrogens is 2. The molecular weight excluding hydrogens is 214 g/mol. The van der Waals surface area contributed by atoms with Gasteiger partial charge >= 0.3 is 0 Å². The summed E-state index contributed by atoms with van der Waals surface area (Å²) >= 11 is 0. The van der Waals surface area contributed by atoms with Gasteiger partial charge in [-0.2, -0.15) is 5.10 Å². The molecule has 0 atom stereocenters. The van der Waals surface area contributed by atoms with Crippen molar-refractivity contribution in [2.75, 3.05) is 0 Å². The summed E-state index contributed by atoms with van der Waals surface area (Å²) in [6.07, 6.45) is 1.21. The quantitative estimate of drug-likeness (QED) is 0.802. The highest BCUT2D eigenvalue weighted by atomic mass is 19.1. The van der Waals surface area contributed by atoms with E-state index in [0.29, 0.717) is 5.56 Å². The third kappa shape index (κ3) is 1.71. The Morgan fingerprint density at radius 2 is 2.06 bits per heavy atom. The summed E-state index contributed by atoms with van der Waals surface area (Å²) in [6, 6.07) is 3.61. The van der Waals surface area contributed by atoms with E-state index in [1.54, 1.807) is 0 Å². The Labute approximate surface area is 89.8 Å². The van der Waals surface area contributed by atoms with Gasteiger partial charge in [-0.3, -0.25) is 4.79 Å². The Bertz CT molecular complexity index is 593. The average molecular weight is 222 g/mol. The van der Waals surface area contributed by atoms with E-state index >= 15 is 0 Å². The maximum Gasteiger partial charge on any atom is 0.264 e. The van der Waals surface area contributed by atoms with Crippen LogP contribution in [0.5, 0.6) is 0 Å². The molecule has 1 aromatic heterocycles. The molecule has 1 heterocycles. The van der Waals surface area contributed by atoms with Crippen LogP contribution in [0.15, 0.2) is 29.2 Å². The van der Waals surface area contributed by atoms with Gasteiger partial charge in [0.05, 0.1) is 11.8 Å². The van der Waals surface area contributed by atoms with Crippen molar-refractivity contribution in [3.63, 3.8) is 0 Å². The first-order valence-electron chi connectivity index (χ1n) is 4.59. The van der Waals surface area contributed by atoms with Crippen LogP contribution in [0, 0.1) is 18.6 Å². The molecule has 0 aliphatic carbocycles. The van der Waals surface area contributed by atoms with Gasteiger partial charge in [0.15, 0.2) is 0 Å². The first-order chi connectivity index (χ1) is 7.59. The molecule has 16 heavy (non-hydrogen) atoms. The zero-order valence-corrected chi connectivity index (χ0v) is 8.42. The second-order valence-corrected chi connectivity index (χ2v) is 3.39. The van der Waals surface area contributed by atoms with Gasteiger partial charge < -0.3 is 0 Å². The monoisotopic (exact) mass is 222 g/mol. The zero-order valence-electron chi connectivity index (χ0n) is 8.42. The lowest BCUT2D eigenvalue weighted by Gasteiger charge is -2.06. The Kier molecular flexibility index (Phi) is 2.52. The number of nitrogens with one attached hydrogen (secondary N) is 1. The first kappa shape index (κ1) is 10.5. The molecule has 0 saturated heterocycles. The summed E-state index contributed by atoms with van der Waals surface area (Å²) in [7, 11) is 0. The van der Waals surface area contributed by atoms with Crippen molar-refractivity contribution in [2.45, 2.75) is 6.92 Å². The fourth-order valence-corrected chi connectivity index (χ4v) is 1.43. The number of hydrogen-bond acceptors (Lipinski definition) is 2. The number of aromatic amines is 1. The van der Waals surface area contributed by atoms with Crippen LogP contribution in [0.2, 0.25) is 0 Å². The Hall–Kier alpha value is -2.04. The van der Waals surface area contributed by atoms with Crippen molar-refractivity contribution in [3.8, 4) is 11.1 Å². The van der Waals surface area contributed by atoms with E-state index in [2.05, 4.69) is 10.2 Å². The predicted octanol–water partition coefficient (Wildman–Crippen LogP) is 2.02. The zero-order chi connectivity index (χ0) is 11.7. The van der Waals surface area contributed by atoms with E-state index in [1.807, 2.05) is 0 Å². The number of nitrogens with zero attached hydrogens (tertiary/aromatic N) is 1. The van der Waals surface area contributed by atoms with E-state index in [9.17, 15) is 13.6 Å². The highest BCUT2D eigenvalue weighted by Crippen LogP contribution is 2.26. The minimum Gasteiger partial charge on any atom is -0.268 e. The van der Waals surface area contributed by atoms with Crippen LogP contribution in [-0.2, 0) is 0 Å². The molecule has 0 radical (unpaired) electrons. The molecule has 0 amide bonds. The van der Waals surface area contributed by atoms with Crippen LogP contribution in [0.3, 0.4) is 0 Å². The van der Waals surface area contributed by atoms with Gasteiger partial charge in [0.1, 0.15) is 11.6 Å².